The van der Waals surface area contributed by atoms with Crippen LogP contribution < -0.4 is 5.48 Å². The monoisotopic (exact) mass is 292 g/mol. The molecule has 0 aromatic rings. The van der Waals surface area contributed by atoms with Crippen molar-refractivity contribution in [2.24, 2.45) is 5.92 Å². The third kappa shape index (κ3) is 3.89. The van der Waals surface area contributed by atoms with Crippen molar-refractivity contribution in [1.29, 1.82) is 0 Å². The predicted molar refractivity (Wildman–Crippen MR) is 70.2 cm³/mol. The number of hydroxylamine groups is 1. The van der Waals surface area contributed by atoms with E-state index < -0.39 is 11.9 Å². The summed E-state index contributed by atoms with van der Waals surface area (Å²) in [5, 5.41) is 8.58. The van der Waals surface area contributed by atoms with Crippen molar-refractivity contribution in [1.82, 2.24) is 10.4 Å². The summed E-state index contributed by atoms with van der Waals surface area (Å²) in [6.07, 6.45) is 0. The molecule has 0 aliphatic carbocycles. The number of carbonyl (C=O) groups is 3. The Labute approximate surface area is 114 Å². The number of amides is 2. The summed E-state index contributed by atoms with van der Waals surface area (Å²) in [4.78, 5) is 35.8. The lowest BCUT2D eigenvalue weighted by Crippen LogP contribution is -2.48. The number of thioether (sulfide) groups is 2. The number of nitrogens with one attached hydrogen (secondary N) is 1. The molecule has 2 amide bonds. The molecule has 1 saturated heterocycles. The van der Waals surface area contributed by atoms with Crippen molar-refractivity contribution in [3.05, 3.63) is 0 Å². The van der Waals surface area contributed by atoms with E-state index in [1.54, 1.807) is 12.4 Å². The van der Waals surface area contributed by atoms with Crippen LogP contribution in [0.4, 0.5) is 0 Å². The maximum Gasteiger partial charge on any atom is 0.267 e. The minimum absolute atomic E-state index is 0.0323. The Morgan fingerprint density at radius 1 is 1.56 bits per heavy atom. The predicted octanol–water partition coefficient (Wildman–Crippen LogP) is 0.309. The highest BCUT2D eigenvalue weighted by Gasteiger charge is 2.36. The zero-order chi connectivity index (χ0) is 13.7. The Bertz CT molecular complexity index is 351. The van der Waals surface area contributed by atoms with Crippen LogP contribution >= 0.6 is 23.5 Å². The lowest BCUT2D eigenvalue weighted by atomic mass is 10.1. The van der Waals surface area contributed by atoms with Crippen LogP contribution in [-0.2, 0) is 14.4 Å². The van der Waals surface area contributed by atoms with E-state index in [-0.39, 0.29) is 16.9 Å². The number of hydrogen-bond acceptors (Lipinski definition) is 6. The Morgan fingerprint density at radius 2 is 2.22 bits per heavy atom. The zero-order valence-electron chi connectivity index (χ0n) is 10.2. The molecule has 1 rings (SSSR count). The number of hydrogen-bond donors (Lipinski definition) is 2. The van der Waals surface area contributed by atoms with Crippen molar-refractivity contribution in [3.8, 4) is 0 Å². The van der Waals surface area contributed by atoms with Crippen molar-refractivity contribution in [3.63, 3.8) is 0 Å². The first-order chi connectivity index (χ1) is 8.47. The maximum atomic E-state index is 12.1. The van der Waals surface area contributed by atoms with Crippen LogP contribution in [0.3, 0.4) is 0 Å². The molecule has 0 aromatic heterocycles. The van der Waals surface area contributed by atoms with Gasteiger partial charge in [-0.15, -0.1) is 11.8 Å². The van der Waals surface area contributed by atoms with Gasteiger partial charge in [-0.2, -0.15) is 0 Å². The molecule has 1 aliphatic rings. The fraction of sp³-hybridized carbons (Fsp3) is 0.700. The first-order valence-corrected chi connectivity index (χ1v) is 7.57. The molecule has 0 spiro atoms. The van der Waals surface area contributed by atoms with Gasteiger partial charge in [0, 0.05) is 24.3 Å². The SMILES string of the molecule is CC(=O)SCC(C)C(=O)N1CSC[C@H]1C(=O)NO. The number of rotatable bonds is 4. The summed E-state index contributed by atoms with van der Waals surface area (Å²) >= 11 is 2.56. The second-order valence-electron chi connectivity index (χ2n) is 4.00. The smallest absolute Gasteiger partial charge is 0.267 e. The molecule has 1 heterocycles. The van der Waals surface area contributed by atoms with Gasteiger partial charge in [0.05, 0.1) is 5.88 Å². The summed E-state index contributed by atoms with van der Waals surface area (Å²) < 4.78 is 0. The number of carbonyl (C=O) groups excluding carboxylic acids is 3. The molecule has 0 radical (unpaired) electrons. The average Bonchev–Trinajstić information content (AvgIpc) is 2.82. The van der Waals surface area contributed by atoms with Crippen LogP contribution in [0.25, 0.3) is 0 Å². The summed E-state index contributed by atoms with van der Waals surface area (Å²) in [5.74, 6) is 0.258. The standard InChI is InChI=1S/C10H16N2O4S2/c1-6(3-18-7(2)13)10(15)12-5-17-4-8(12)9(14)11-16/h6,8,16H,3-5H2,1-2H3,(H,11,14)/t6?,8-/m0/s1. The Kier molecular flexibility index (Phi) is 5.97. The topological polar surface area (TPSA) is 86.7 Å². The van der Waals surface area contributed by atoms with Crippen LogP contribution in [-0.4, -0.2) is 50.5 Å². The third-order valence-electron chi connectivity index (χ3n) is 2.54. The highest BCUT2D eigenvalue weighted by Crippen LogP contribution is 2.24. The van der Waals surface area contributed by atoms with E-state index in [1.807, 2.05) is 0 Å². The highest BCUT2D eigenvalue weighted by molar-refractivity contribution is 8.13. The molecule has 0 saturated carbocycles. The first-order valence-electron chi connectivity index (χ1n) is 5.43. The molecule has 0 bridgehead atoms. The lowest BCUT2D eigenvalue weighted by molar-refractivity contribution is -0.143. The second kappa shape index (κ2) is 7.01. The van der Waals surface area contributed by atoms with E-state index in [9.17, 15) is 14.4 Å². The molecule has 18 heavy (non-hydrogen) atoms. The maximum absolute atomic E-state index is 12.1. The van der Waals surface area contributed by atoms with Gasteiger partial charge in [0.15, 0.2) is 5.12 Å². The second-order valence-corrected chi connectivity index (χ2v) is 6.20. The van der Waals surface area contributed by atoms with Crippen LogP contribution in [0.2, 0.25) is 0 Å². The van der Waals surface area contributed by atoms with Crippen molar-refractivity contribution in [2.45, 2.75) is 19.9 Å². The van der Waals surface area contributed by atoms with Gasteiger partial charge in [0.1, 0.15) is 6.04 Å². The van der Waals surface area contributed by atoms with Gasteiger partial charge >= 0.3 is 0 Å². The van der Waals surface area contributed by atoms with Crippen LogP contribution in [0, 0.1) is 5.92 Å². The van der Waals surface area contributed by atoms with Gasteiger partial charge in [0.2, 0.25) is 5.91 Å². The summed E-state index contributed by atoms with van der Waals surface area (Å²) in [7, 11) is 0. The highest BCUT2D eigenvalue weighted by atomic mass is 32.2. The largest absolute Gasteiger partial charge is 0.320 e. The van der Waals surface area contributed by atoms with Gasteiger partial charge in [-0.25, -0.2) is 5.48 Å². The molecule has 6 nitrogen and oxygen atoms in total. The van der Waals surface area contributed by atoms with E-state index >= 15 is 0 Å². The van der Waals surface area contributed by atoms with E-state index in [1.165, 1.54) is 23.6 Å². The average molecular weight is 292 g/mol. The molecule has 0 aromatic carbocycles. The molecule has 2 atom stereocenters. The van der Waals surface area contributed by atoms with Crippen molar-refractivity contribution >= 4 is 40.5 Å². The van der Waals surface area contributed by atoms with E-state index in [2.05, 4.69) is 0 Å². The molecular weight excluding hydrogens is 276 g/mol. The molecular formula is C10H16N2O4S2. The fourth-order valence-corrected chi connectivity index (χ4v) is 3.34. The lowest BCUT2D eigenvalue weighted by Gasteiger charge is -2.24. The molecule has 102 valence electrons. The zero-order valence-corrected chi connectivity index (χ0v) is 11.8. The van der Waals surface area contributed by atoms with E-state index in [4.69, 9.17) is 5.21 Å². The van der Waals surface area contributed by atoms with Gasteiger partial charge in [-0.3, -0.25) is 19.6 Å². The van der Waals surface area contributed by atoms with Crippen molar-refractivity contribution < 1.29 is 19.6 Å². The van der Waals surface area contributed by atoms with Crippen LogP contribution in [0.1, 0.15) is 13.8 Å². The minimum atomic E-state index is -0.628. The minimum Gasteiger partial charge on any atom is -0.320 e. The van der Waals surface area contributed by atoms with Gasteiger partial charge in [0.25, 0.3) is 5.91 Å². The Hall–Kier alpha value is -0.730. The van der Waals surface area contributed by atoms with Crippen LogP contribution in [0.5, 0.6) is 0 Å². The summed E-state index contributed by atoms with van der Waals surface area (Å²) in [6, 6.07) is -0.628. The first kappa shape index (κ1) is 15.3. The number of nitrogens with zero attached hydrogens (tertiary/aromatic N) is 1. The van der Waals surface area contributed by atoms with Gasteiger partial charge in [-0.1, -0.05) is 18.7 Å². The van der Waals surface area contributed by atoms with Gasteiger partial charge in [-0.05, 0) is 0 Å². The molecule has 8 heteroatoms. The Balaban J connectivity index is 2.59. The summed E-state index contributed by atoms with van der Waals surface area (Å²) in [6.45, 7) is 3.19. The Morgan fingerprint density at radius 3 is 2.78 bits per heavy atom. The fourth-order valence-electron chi connectivity index (χ4n) is 1.55. The molecule has 1 fully saturated rings. The van der Waals surface area contributed by atoms with Crippen LogP contribution in [0.15, 0.2) is 0 Å². The van der Waals surface area contributed by atoms with E-state index in [0.29, 0.717) is 17.4 Å². The van der Waals surface area contributed by atoms with Crippen molar-refractivity contribution in [2.75, 3.05) is 17.4 Å². The normalized spacial score (nSPS) is 20.6. The molecule has 2 N–H and O–H groups in total. The summed E-state index contributed by atoms with van der Waals surface area (Å²) in [5.41, 5.74) is 1.58. The van der Waals surface area contributed by atoms with Gasteiger partial charge < -0.3 is 4.90 Å². The quantitative estimate of drug-likeness (QED) is 0.573. The third-order valence-corrected chi connectivity index (χ3v) is 4.62. The molecule has 1 unspecified atom stereocenters. The molecule has 1 aliphatic heterocycles. The van der Waals surface area contributed by atoms with E-state index in [0.717, 1.165) is 11.8 Å².